The average Bonchev–Trinajstić information content (AvgIpc) is 3.34. The number of carbonyl (C=O) groups is 3. The Bertz CT molecular complexity index is 1170. The molecule has 0 aliphatic heterocycles. The summed E-state index contributed by atoms with van der Waals surface area (Å²) in [6.07, 6.45) is 1.55. The molecule has 0 unspecified atom stereocenters. The van der Waals surface area contributed by atoms with E-state index in [0.29, 0.717) is 28.3 Å². The summed E-state index contributed by atoms with van der Waals surface area (Å²) in [5, 5.41) is 2.77. The van der Waals surface area contributed by atoms with E-state index in [1.54, 1.807) is 42.7 Å². The lowest BCUT2D eigenvalue weighted by molar-refractivity contribution is -0.118. The summed E-state index contributed by atoms with van der Waals surface area (Å²) < 4.78 is 10.5. The van der Waals surface area contributed by atoms with Crippen molar-refractivity contribution < 1.29 is 23.5 Å². The number of amides is 1. The van der Waals surface area contributed by atoms with E-state index < -0.39 is 5.97 Å². The molecule has 1 aromatic heterocycles. The minimum atomic E-state index is -0.597. The first-order chi connectivity index (χ1) is 15.8. The Morgan fingerprint density at radius 3 is 2.42 bits per heavy atom. The minimum absolute atomic E-state index is 0.130. The van der Waals surface area contributed by atoms with Crippen LogP contribution in [-0.4, -0.2) is 30.0 Å². The number of aryl methyl sites for hydroxylation is 1. The van der Waals surface area contributed by atoms with Crippen LogP contribution in [0.2, 0.25) is 0 Å². The molecule has 0 saturated carbocycles. The first kappa shape index (κ1) is 24.3. The molecule has 0 radical (unpaired) electrons. The van der Waals surface area contributed by atoms with Gasteiger partial charge in [-0.05, 0) is 80.3 Å². The minimum Gasteiger partial charge on any atom is -0.467 e. The Morgan fingerprint density at radius 1 is 0.939 bits per heavy atom. The number of ether oxygens (including phenoxy) is 1. The van der Waals surface area contributed by atoms with Crippen molar-refractivity contribution >= 4 is 29.4 Å². The number of hydrogen-bond acceptors (Lipinski definition) is 6. The number of hydrogen-bond donors (Lipinski definition) is 1. The van der Waals surface area contributed by atoms with Gasteiger partial charge in [0.2, 0.25) is 11.7 Å². The topological polar surface area (TPSA) is 85.6 Å². The van der Waals surface area contributed by atoms with Crippen molar-refractivity contribution in [1.82, 2.24) is 5.32 Å². The molecule has 0 saturated heterocycles. The van der Waals surface area contributed by atoms with Gasteiger partial charge in [0.15, 0.2) is 6.61 Å². The number of esters is 1. The Morgan fingerprint density at radius 2 is 1.70 bits per heavy atom. The molecular weight excluding hydrogens is 438 g/mol. The van der Waals surface area contributed by atoms with Gasteiger partial charge in [-0.25, -0.2) is 4.79 Å². The maximum Gasteiger partial charge on any atom is 0.339 e. The number of furan rings is 1. The molecule has 1 heterocycles. The predicted molar refractivity (Wildman–Crippen MR) is 128 cm³/mol. The van der Waals surface area contributed by atoms with Crippen LogP contribution in [0.4, 0.5) is 0 Å². The number of ketones is 1. The molecule has 7 heteroatoms. The van der Waals surface area contributed by atoms with E-state index in [0.717, 1.165) is 22.3 Å². The molecule has 6 nitrogen and oxygen atoms in total. The quantitative estimate of drug-likeness (QED) is 0.273. The Hall–Kier alpha value is -3.32. The summed E-state index contributed by atoms with van der Waals surface area (Å²) in [6, 6.07) is 12.3. The average molecular weight is 466 g/mol. The van der Waals surface area contributed by atoms with Crippen molar-refractivity contribution in [3.8, 4) is 0 Å². The number of benzene rings is 2. The zero-order chi connectivity index (χ0) is 24.0. The van der Waals surface area contributed by atoms with Gasteiger partial charge in [0.25, 0.3) is 0 Å². The van der Waals surface area contributed by atoms with Crippen molar-refractivity contribution in [2.45, 2.75) is 39.1 Å². The van der Waals surface area contributed by atoms with Crippen LogP contribution in [0.25, 0.3) is 0 Å². The molecular formula is C26H27NO5S. The second-order valence-electron chi connectivity index (χ2n) is 7.76. The summed E-state index contributed by atoms with van der Waals surface area (Å²) in [7, 11) is 0. The molecule has 1 N–H and O–H groups in total. The third-order valence-corrected chi connectivity index (χ3v) is 6.70. The predicted octanol–water partition coefficient (Wildman–Crippen LogP) is 4.96. The summed E-state index contributed by atoms with van der Waals surface area (Å²) in [5.41, 5.74) is 5.04. The van der Waals surface area contributed by atoms with E-state index in [2.05, 4.69) is 5.32 Å². The summed E-state index contributed by atoms with van der Waals surface area (Å²) in [4.78, 5) is 38.2. The maximum absolute atomic E-state index is 12.7. The highest BCUT2D eigenvalue weighted by molar-refractivity contribution is 8.00. The molecule has 0 bridgehead atoms. The first-order valence-electron chi connectivity index (χ1n) is 10.6. The largest absolute Gasteiger partial charge is 0.467 e. The molecule has 33 heavy (non-hydrogen) atoms. The van der Waals surface area contributed by atoms with E-state index >= 15 is 0 Å². The summed E-state index contributed by atoms with van der Waals surface area (Å²) in [6.45, 7) is 7.83. The van der Waals surface area contributed by atoms with Crippen LogP contribution in [0.3, 0.4) is 0 Å². The fraction of sp³-hybridized carbons (Fsp3) is 0.269. The molecule has 3 rings (SSSR count). The highest BCUT2D eigenvalue weighted by Gasteiger charge is 2.18. The molecule has 0 atom stereocenters. The number of nitrogens with one attached hydrogen (secondary N) is 1. The van der Waals surface area contributed by atoms with Gasteiger partial charge in [-0.1, -0.05) is 12.1 Å². The van der Waals surface area contributed by atoms with Gasteiger partial charge in [0.05, 0.1) is 24.1 Å². The molecule has 1 amide bonds. The third kappa shape index (κ3) is 6.14. The monoisotopic (exact) mass is 465 g/mol. The molecule has 0 fully saturated rings. The third-order valence-electron chi connectivity index (χ3n) is 5.62. The number of thioether (sulfide) groups is 1. The fourth-order valence-corrected chi connectivity index (χ4v) is 4.21. The Balaban J connectivity index is 1.59. The van der Waals surface area contributed by atoms with Crippen molar-refractivity contribution in [3.63, 3.8) is 0 Å². The molecule has 172 valence electrons. The zero-order valence-corrected chi connectivity index (χ0v) is 20.0. The smallest absolute Gasteiger partial charge is 0.339 e. The van der Waals surface area contributed by atoms with E-state index in [1.807, 2.05) is 33.8 Å². The van der Waals surface area contributed by atoms with Gasteiger partial charge in [-0.2, -0.15) is 0 Å². The van der Waals surface area contributed by atoms with Crippen LogP contribution in [0.1, 0.15) is 48.7 Å². The second kappa shape index (κ2) is 11.0. The van der Waals surface area contributed by atoms with Gasteiger partial charge < -0.3 is 14.5 Å². The SMILES string of the molecule is Cc1cc(C(=O)COC(=O)c2ccccc2SCC(=O)NCc2ccco2)c(C)c(C)c1C. The van der Waals surface area contributed by atoms with Gasteiger partial charge in [-0.3, -0.25) is 9.59 Å². The van der Waals surface area contributed by atoms with E-state index in [9.17, 15) is 14.4 Å². The Labute approximate surface area is 197 Å². The van der Waals surface area contributed by atoms with Crippen LogP contribution < -0.4 is 5.32 Å². The van der Waals surface area contributed by atoms with Crippen LogP contribution in [0, 0.1) is 27.7 Å². The second-order valence-corrected chi connectivity index (χ2v) is 8.77. The number of Topliss-reactive ketones (excluding diaryl/α,β-unsaturated/α-hetero) is 1. The number of carbonyl (C=O) groups excluding carboxylic acids is 3. The van der Waals surface area contributed by atoms with Crippen molar-refractivity contribution in [1.29, 1.82) is 0 Å². The zero-order valence-electron chi connectivity index (χ0n) is 19.2. The van der Waals surface area contributed by atoms with Crippen LogP contribution in [0.15, 0.2) is 58.0 Å². The van der Waals surface area contributed by atoms with E-state index in [-0.39, 0.29) is 24.1 Å². The van der Waals surface area contributed by atoms with Crippen molar-refractivity contribution in [2.24, 2.45) is 0 Å². The maximum atomic E-state index is 12.7. The fourth-order valence-electron chi connectivity index (χ4n) is 3.34. The number of rotatable bonds is 9. The van der Waals surface area contributed by atoms with Gasteiger partial charge >= 0.3 is 5.97 Å². The molecule has 3 aromatic rings. The first-order valence-corrected chi connectivity index (χ1v) is 11.5. The standard InChI is InChI=1S/C26H27NO5S/c1-16-12-22(19(4)18(3)17(16)2)23(28)14-32-26(30)21-9-5-6-10-24(21)33-15-25(29)27-13-20-8-7-11-31-20/h5-12H,13-15H2,1-4H3,(H,27,29). The van der Waals surface area contributed by atoms with Crippen LogP contribution >= 0.6 is 11.8 Å². The van der Waals surface area contributed by atoms with Crippen LogP contribution in [0.5, 0.6) is 0 Å². The summed E-state index contributed by atoms with van der Waals surface area (Å²) in [5.74, 6) is -0.230. The lowest BCUT2D eigenvalue weighted by Gasteiger charge is -2.14. The molecule has 2 aromatic carbocycles. The van der Waals surface area contributed by atoms with Crippen molar-refractivity contribution in [2.75, 3.05) is 12.4 Å². The van der Waals surface area contributed by atoms with Gasteiger partial charge in [0.1, 0.15) is 5.76 Å². The Kier molecular flexibility index (Phi) is 8.11. The lowest BCUT2D eigenvalue weighted by Crippen LogP contribution is -2.24. The molecule has 0 aliphatic rings. The van der Waals surface area contributed by atoms with Gasteiger partial charge in [0, 0.05) is 10.5 Å². The summed E-state index contributed by atoms with van der Waals surface area (Å²) >= 11 is 1.23. The van der Waals surface area contributed by atoms with E-state index in [1.165, 1.54) is 11.8 Å². The van der Waals surface area contributed by atoms with E-state index in [4.69, 9.17) is 9.15 Å². The molecule has 0 aliphatic carbocycles. The van der Waals surface area contributed by atoms with Crippen molar-refractivity contribution in [3.05, 3.63) is 87.9 Å². The highest BCUT2D eigenvalue weighted by Crippen LogP contribution is 2.24. The van der Waals surface area contributed by atoms with Gasteiger partial charge in [-0.15, -0.1) is 11.8 Å². The highest BCUT2D eigenvalue weighted by atomic mass is 32.2. The normalized spacial score (nSPS) is 10.7. The lowest BCUT2D eigenvalue weighted by atomic mass is 9.93. The molecule has 0 spiro atoms. The van der Waals surface area contributed by atoms with Crippen LogP contribution in [-0.2, 0) is 16.1 Å².